The molecular weight excluding hydrogens is 224 g/mol. The molecule has 1 rings (SSSR count). The van der Waals surface area contributed by atoms with E-state index < -0.39 is 0 Å². The Bertz CT molecular complexity index is 250. The molecule has 0 spiro atoms. The molecule has 0 aliphatic carbocycles. The first-order valence-corrected chi connectivity index (χ1v) is 7.36. The molecule has 4 heteroatoms. The lowest BCUT2D eigenvalue weighted by Gasteiger charge is -2.35. The summed E-state index contributed by atoms with van der Waals surface area (Å²) in [5.74, 6) is 1.58. The van der Waals surface area contributed by atoms with Crippen molar-refractivity contribution in [1.82, 2.24) is 15.5 Å². The van der Waals surface area contributed by atoms with Crippen LogP contribution in [0.25, 0.3) is 0 Å². The topological polar surface area (TPSA) is 39.7 Å². The Kier molecular flexibility index (Phi) is 7.09. The van der Waals surface area contributed by atoms with Crippen LogP contribution in [0.2, 0.25) is 0 Å². The van der Waals surface area contributed by atoms with Crippen LogP contribution in [0.1, 0.15) is 40.0 Å². The van der Waals surface area contributed by atoms with Gasteiger partial charge < -0.3 is 10.6 Å². The van der Waals surface area contributed by atoms with E-state index in [1.54, 1.807) is 0 Å². The molecule has 0 radical (unpaired) electrons. The fourth-order valence-corrected chi connectivity index (χ4v) is 2.44. The summed E-state index contributed by atoms with van der Waals surface area (Å²) >= 11 is 0. The second-order valence-corrected chi connectivity index (χ2v) is 5.51. The molecule has 4 nitrogen and oxygen atoms in total. The van der Waals surface area contributed by atoms with Crippen LogP contribution >= 0.6 is 0 Å². The summed E-state index contributed by atoms with van der Waals surface area (Å²) in [4.78, 5) is 6.85. The minimum atomic E-state index is 0.644. The summed E-state index contributed by atoms with van der Waals surface area (Å²) in [6.07, 6.45) is 4.02. The molecule has 1 fully saturated rings. The SMILES string of the molecule is CCN1CCCCC1CNC(=NC)NCC(C)C. The predicted octanol–water partition coefficient (Wildman–Crippen LogP) is 1.68. The fraction of sp³-hybridized carbons (Fsp3) is 0.929. The van der Waals surface area contributed by atoms with Gasteiger partial charge >= 0.3 is 0 Å². The zero-order chi connectivity index (χ0) is 13.4. The lowest BCUT2D eigenvalue weighted by molar-refractivity contribution is 0.157. The summed E-state index contributed by atoms with van der Waals surface area (Å²) in [6.45, 7) is 11.1. The Morgan fingerprint density at radius 2 is 2.11 bits per heavy atom. The van der Waals surface area contributed by atoms with Crippen LogP contribution in [-0.4, -0.2) is 50.1 Å². The third-order valence-electron chi connectivity index (χ3n) is 3.56. The molecule has 0 aromatic rings. The average molecular weight is 254 g/mol. The maximum atomic E-state index is 4.27. The minimum absolute atomic E-state index is 0.644. The molecule has 1 saturated heterocycles. The van der Waals surface area contributed by atoms with Crippen molar-refractivity contribution >= 4 is 5.96 Å². The van der Waals surface area contributed by atoms with Gasteiger partial charge in [-0.3, -0.25) is 9.89 Å². The van der Waals surface area contributed by atoms with Crippen molar-refractivity contribution in [1.29, 1.82) is 0 Å². The van der Waals surface area contributed by atoms with Gasteiger partial charge in [-0.2, -0.15) is 0 Å². The maximum Gasteiger partial charge on any atom is 0.191 e. The van der Waals surface area contributed by atoms with E-state index in [-0.39, 0.29) is 0 Å². The molecule has 18 heavy (non-hydrogen) atoms. The largest absolute Gasteiger partial charge is 0.356 e. The highest BCUT2D eigenvalue weighted by atomic mass is 15.2. The summed E-state index contributed by atoms with van der Waals surface area (Å²) in [7, 11) is 1.84. The van der Waals surface area contributed by atoms with Crippen LogP contribution < -0.4 is 10.6 Å². The van der Waals surface area contributed by atoms with Crippen LogP contribution in [0.15, 0.2) is 4.99 Å². The van der Waals surface area contributed by atoms with E-state index in [2.05, 4.69) is 41.3 Å². The minimum Gasteiger partial charge on any atom is -0.356 e. The third-order valence-corrected chi connectivity index (χ3v) is 3.56. The Morgan fingerprint density at radius 1 is 1.33 bits per heavy atom. The number of hydrogen-bond acceptors (Lipinski definition) is 2. The fourth-order valence-electron chi connectivity index (χ4n) is 2.44. The highest BCUT2D eigenvalue weighted by Gasteiger charge is 2.20. The van der Waals surface area contributed by atoms with E-state index in [1.165, 1.54) is 25.8 Å². The first-order valence-electron chi connectivity index (χ1n) is 7.36. The van der Waals surface area contributed by atoms with Crippen LogP contribution in [0.4, 0.5) is 0 Å². The smallest absolute Gasteiger partial charge is 0.191 e. The lowest BCUT2D eigenvalue weighted by Crippen LogP contribution is -2.49. The highest BCUT2D eigenvalue weighted by Crippen LogP contribution is 2.15. The number of likely N-dealkylation sites (N-methyl/N-ethyl adjacent to an activating group) is 1. The predicted molar refractivity (Wildman–Crippen MR) is 79.1 cm³/mol. The van der Waals surface area contributed by atoms with Gasteiger partial charge in [0.15, 0.2) is 5.96 Å². The maximum absolute atomic E-state index is 4.27. The van der Waals surface area contributed by atoms with Crippen molar-refractivity contribution in [2.75, 3.05) is 33.2 Å². The second kappa shape index (κ2) is 8.35. The first kappa shape index (κ1) is 15.3. The second-order valence-electron chi connectivity index (χ2n) is 5.51. The van der Waals surface area contributed by atoms with Crippen molar-refractivity contribution in [3.05, 3.63) is 0 Å². The van der Waals surface area contributed by atoms with Gasteiger partial charge in [-0.25, -0.2) is 0 Å². The molecule has 0 aromatic carbocycles. The number of nitrogens with one attached hydrogen (secondary N) is 2. The summed E-state index contributed by atoms with van der Waals surface area (Å²) < 4.78 is 0. The van der Waals surface area contributed by atoms with Crippen molar-refractivity contribution in [2.24, 2.45) is 10.9 Å². The molecule has 2 N–H and O–H groups in total. The Balaban J connectivity index is 2.32. The third kappa shape index (κ3) is 5.25. The number of likely N-dealkylation sites (tertiary alicyclic amines) is 1. The summed E-state index contributed by atoms with van der Waals surface area (Å²) in [5, 5.41) is 6.82. The molecular formula is C14H30N4. The zero-order valence-electron chi connectivity index (χ0n) is 12.5. The monoisotopic (exact) mass is 254 g/mol. The normalized spacial score (nSPS) is 22.3. The molecule has 1 aliphatic rings. The van der Waals surface area contributed by atoms with Crippen molar-refractivity contribution in [3.63, 3.8) is 0 Å². The Labute approximate surface area is 112 Å². The number of aliphatic imine (C=N–C) groups is 1. The number of hydrogen-bond donors (Lipinski definition) is 2. The highest BCUT2D eigenvalue weighted by molar-refractivity contribution is 5.79. The molecule has 106 valence electrons. The quantitative estimate of drug-likeness (QED) is 0.579. The van der Waals surface area contributed by atoms with Crippen LogP contribution in [0.5, 0.6) is 0 Å². The summed E-state index contributed by atoms with van der Waals surface area (Å²) in [6, 6.07) is 0.668. The van der Waals surface area contributed by atoms with Crippen LogP contribution in [0, 0.1) is 5.92 Å². The van der Waals surface area contributed by atoms with E-state index in [9.17, 15) is 0 Å². The van der Waals surface area contributed by atoms with Gasteiger partial charge in [0.1, 0.15) is 0 Å². The molecule has 1 atom stereocenters. The van der Waals surface area contributed by atoms with Crippen LogP contribution in [0.3, 0.4) is 0 Å². The molecule has 0 saturated carbocycles. The van der Waals surface area contributed by atoms with Gasteiger partial charge in [0.2, 0.25) is 0 Å². The molecule has 1 unspecified atom stereocenters. The molecule has 1 aliphatic heterocycles. The van der Waals surface area contributed by atoms with Gasteiger partial charge in [-0.05, 0) is 31.8 Å². The average Bonchev–Trinajstić information content (AvgIpc) is 2.39. The van der Waals surface area contributed by atoms with E-state index in [0.717, 1.165) is 25.6 Å². The van der Waals surface area contributed by atoms with Crippen molar-refractivity contribution < 1.29 is 0 Å². The van der Waals surface area contributed by atoms with E-state index in [0.29, 0.717) is 12.0 Å². The van der Waals surface area contributed by atoms with Gasteiger partial charge in [0, 0.05) is 26.2 Å². The number of nitrogens with zero attached hydrogens (tertiary/aromatic N) is 2. The zero-order valence-corrected chi connectivity index (χ0v) is 12.5. The van der Waals surface area contributed by atoms with Gasteiger partial charge in [0.05, 0.1) is 0 Å². The number of guanidine groups is 1. The van der Waals surface area contributed by atoms with Gasteiger partial charge in [-0.1, -0.05) is 27.2 Å². The Hall–Kier alpha value is -0.770. The summed E-state index contributed by atoms with van der Waals surface area (Å²) in [5.41, 5.74) is 0. The lowest BCUT2D eigenvalue weighted by atomic mass is 10.0. The van der Waals surface area contributed by atoms with E-state index in [4.69, 9.17) is 0 Å². The molecule has 1 heterocycles. The van der Waals surface area contributed by atoms with E-state index >= 15 is 0 Å². The van der Waals surface area contributed by atoms with E-state index in [1.807, 2.05) is 7.05 Å². The van der Waals surface area contributed by atoms with Gasteiger partial charge in [0.25, 0.3) is 0 Å². The number of piperidine rings is 1. The first-order chi connectivity index (χ1) is 8.67. The van der Waals surface area contributed by atoms with Crippen molar-refractivity contribution in [3.8, 4) is 0 Å². The van der Waals surface area contributed by atoms with Crippen molar-refractivity contribution in [2.45, 2.75) is 46.1 Å². The van der Waals surface area contributed by atoms with Crippen LogP contribution in [-0.2, 0) is 0 Å². The number of rotatable bonds is 5. The standard InChI is InChI=1S/C14H30N4/c1-5-18-9-7-6-8-13(18)11-17-14(15-4)16-10-12(2)3/h12-13H,5-11H2,1-4H3,(H2,15,16,17). The van der Waals surface area contributed by atoms with Gasteiger partial charge in [-0.15, -0.1) is 0 Å². The Morgan fingerprint density at radius 3 is 2.72 bits per heavy atom. The molecule has 0 aromatic heterocycles. The molecule has 0 amide bonds. The molecule has 0 bridgehead atoms.